The number of ketones is 1. The number of hydrogen-bond donors (Lipinski definition) is 4. The van der Waals surface area contributed by atoms with Crippen LogP contribution in [0.5, 0.6) is 0 Å². The molecule has 7 atom stereocenters. The molecule has 0 aromatic rings. The van der Waals surface area contributed by atoms with Crippen LogP contribution in [-0.2, 0) is 23.8 Å². The zero-order valence-corrected chi connectivity index (χ0v) is 16.0. The summed E-state index contributed by atoms with van der Waals surface area (Å²) in [5, 5.41) is 38.5. The lowest BCUT2D eigenvalue weighted by molar-refractivity contribution is -0.300. The van der Waals surface area contributed by atoms with Crippen molar-refractivity contribution in [3.8, 4) is 0 Å². The fourth-order valence-corrected chi connectivity index (χ4v) is 3.66. The number of aliphatic hydroxyl groups is 4. The molecule has 0 bridgehead atoms. The highest BCUT2D eigenvalue weighted by molar-refractivity contribution is 5.84. The standard InChI is InChI=1S/C19H30O9/c1-26-15(22)9-11-6-7-13(21)12(11)5-3-2-4-8-27-19-18(25)17(24)16(23)14(10-20)28-19/h2-3,11-12,14,16-20,23-25H,4-10H2,1H3/b3-2+. The Morgan fingerprint density at radius 1 is 1.21 bits per heavy atom. The van der Waals surface area contributed by atoms with Gasteiger partial charge in [-0.05, 0) is 25.2 Å². The molecule has 1 aliphatic carbocycles. The van der Waals surface area contributed by atoms with E-state index in [1.807, 2.05) is 12.2 Å². The molecular weight excluding hydrogens is 372 g/mol. The predicted molar refractivity (Wildman–Crippen MR) is 95.9 cm³/mol. The molecule has 9 nitrogen and oxygen atoms in total. The van der Waals surface area contributed by atoms with Gasteiger partial charge in [0, 0.05) is 18.8 Å². The first kappa shape index (κ1) is 22.9. The van der Waals surface area contributed by atoms with Crippen LogP contribution in [0, 0.1) is 11.8 Å². The van der Waals surface area contributed by atoms with Crippen LogP contribution in [0.1, 0.15) is 32.1 Å². The Morgan fingerprint density at radius 3 is 2.64 bits per heavy atom. The molecule has 1 aliphatic heterocycles. The van der Waals surface area contributed by atoms with Crippen molar-refractivity contribution in [2.75, 3.05) is 20.3 Å². The Hall–Kier alpha value is -1.36. The lowest BCUT2D eigenvalue weighted by Crippen LogP contribution is -2.59. The van der Waals surface area contributed by atoms with Crippen molar-refractivity contribution in [2.24, 2.45) is 11.8 Å². The second-order valence-corrected chi connectivity index (χ2v) is 7.22. The number of carbonyl (C=O) groups excluding carboxylic acids is 2. The first-order valence-corrected chi connectivity index (χ1v) is 9.55. The molecule has 1 heterocycles. The van der Waals surface area contributed by atoms with Gasteiger partial charge in [-0.2, -0.15) is 0 Å². The van der Waals surface area contributed by atoms with Crippen molar-refractivity contribution in [2.45, 2.75) is 62.8 Å². The maximum atomic E-state index is 12.0. The van der Waals surface area contributed by atoms with Crippen molar-refractivity contribution in [1.29, 1.82) is 0 Å². The number of hydrogen-bond acceptors (Lipinski definition) is 9. The van der Waals surface area contributed by atoms with Crippen LogP contribution in [0.2, 0.25) is 0 Å². The summed E-state index contributed by atoms with van der Waals surface area (Å²) in [4.78, 5) is 23.5. The van der Waals surface area contributed by atoms with Gasteiger partial charge in [-0.15, -0.1) is 0 Å². The highest BCUT2D eigenvalue weighted by Crippen LogP contribution is 2.34. The molecule has 2 fully saturated rings. The molecular formula is C19H30O9. The third-order valence-corrected chi connectivity index (χ3v) is 5.37. The Morgan fingerprint density at radius 2 is 1.96 bits per heavy atom. The number of methoxy groups -OCH3 is 1. The topological polar surface area (TPSA) is 143 Å². The Kier molecular flexibility index (Phi) is 9.00. The highest BCUT2D eigenvalue weighted by atomic mass is 16.7. The summed E-state index contributed by atoms with van der Waals surface area (Å²) in [5.41, 5.74) is 0. The van der Waals surface area contributed by atoms with Crippen molar-refractivity contribution >= 4 is 11.8 Å². The van der Waals surface area contributed by atoms with Crippen molar-refractivity contribution < 1.29 is 44.2 Å². The summed E-state index contributed by atoms with van der Waals surface area (Å²) >= 11 is 0. The van der Waals surface area contributed by atoms with Crippen LogP contribution >= 0.6 is 0 Å². The normalized spacial score (nSPS) is 36.2. The minimum atomic E-state index is -1.47. The van der Waals surface area contributed by atoms with Gasteiger partial charge in [-0.1, -0.05) is 12.2 Å². The Bertz CT molecular complexity index is 548. The van der Waals surface area contributed by atoms with Crippen molar-refractivity contribution in [3.63, 3.8) is 0 Å². The molecule has 0 spiro atoms. The van der Waals surface area contributed by atoms with Gasteiger partial charge in [0.1, 0.15) is 30.2 Å². The summed E-state index contributed by atoms with van der Waals surface area (Å²) in [5.74, 6) is -0.311. The Balaban J connectivity index is 1.73. The summed E-state index contributed by atoms with van der Waals surface area (Å²) in [6.07, 6.45) is -0.278. The quantitative estimate of drug-likeness (QED) is 0.224. The predicted octanol–water partition coefficient (Wildman–Crippen LogP) is -0.702. The molecule has 2 rings (SSSR count). The van der Waals surface area contributed by atoms with Gasteiger partial charge in [0.05, 0.1) is 20.3 Å². The first-order chi connectivity index (χ1) is 13.4. The van der Waals surface area contributed by atoms with Gasteiger partial charge in [0.2, 0.25) is 0 Å². The minimum Gasteiger partial charge on any atom is -0.469 e. The van der Waals surface area contributed by atoms with E-state index in [9.17, 15) is 24.9 Å². The zero-order valence-electron chi connectivity index (χ0n) is 16.0. The van der Waals surface area contributed by atoms with E-state index in [4.69, 9.17) is 14.6 Å². The third kappa shape index (κ3) is 5.82. The lowest BCUT2D eigenvalue weighted by Gasteiger charge is -2.39. The molecule has 1 saturated heterocycles. The first-order valence-electron chi connectivity index (χ1n) is 9.55. The van der Waals surface area contributed by atoms with Crippen molar-refractivity contribution in [1.82, 2.24) is 0 Å². The number of rotatable bonds is 9. The van der Waals surface area contributed by atoms with E-state index in [2.05, 4.69) is 4.74 Å². The molecule has 4 N–H and O–H groups in total. The lowest BCUT2D eigenvalue weighted by atomic mass is 9.89. The van der Waals surface area contributed by atoms with Crippen LogP contribution in [-0.4, -0.2) is 83.2 Å². The summed E-state index contributed by atoms with van der Waals surface area (Å²) in [6.45, 7) is -0.323. The molecule has 7 unspecified atom stereocenters. The zero-order chi connectivity index (χ0) is 20.7. The largest absolute Gasteiger partial charge is 0.469 e. The number of esters is 1. The van der Waals surface area contributed by atoms with E-state index >= 15 is 0 Å². The third-order valence-electron chi connectivity index (χ3n) is 5.37. The van der Waals surface area contributed by atoms with Crippen LogP contribution < -0.4 is 0 Å². The molecule has 9 heteroatoms. The summed E-state index contributed by atoms with van der Waals surface area (Å²) in [7, 11) is 1.34. The maximum absolute atomic E-state index is 12.0. The van der Waals surface area contributed by atoms with Gasteiger partial charge in [-0.25, -0.2) is 0 Å². The van der Waals surface area contributed by atoms with E-state index in [0.29, 0.717) is 25.7 Å². The Labute approximate surface area is 163 Å². The molecule has 28 heavy (non-hydrogen) atoms. The number of ether oxygens (including phenoxy) is 3. The number of allylic oxidation sites excluding steroid dienone is 1. The van der Waals surface area contributed by atoms with Gasteiger partial charge in [0.25, 0.3) is 0 Å². The summed E-state index contributed by atoms with van der Waals surface area (Å²) in [6, 6.07) is 0. The second-order valence-electron chi connectivity index (χ2n) is 7.22. The molecule has 160 valence electrons. The second kappa shape index (κ2) is 11.0. The smallest absolute Gasteiger partial charge is 0.305 e. The number of aliphatic hydroxyl groups excluding tert-OH is 4. The SMILES string of the molecule is COC(=O)CC1CCC(=O)C1C/C=C/CCOC1OC(CO)C(O)C(O)C1O. The molecule has 2 aliphatic rings. The average molecular weight is 402 g/mol. The van der Waals surface area contributed by atoms with Crippen molar-refractivity contribution in [3.05, 3.63) is 12.2 Å². The fourth-order valence-electron chi connectivity index (χ4n) is 3.66. The number of Topliss-reactive ketones (excluding diaryl/α,β-unsaturated/α-hetero) is 1. The average Bonchev–Trinajstić information content (AvgIpc) is 3.03. The molecule has 0 aromatic carbocycles. The van der Waals surface area contributed by atoms with Crippen LogP contribution in [0.25, 0.3) is 0 Å². The molecule has 0 amide bonds. The van der Waals surface area contributed by atoms with E-state index in [0.717, 1.165) is 0 Å². The minimum absolute atomic E-state index is 0.00923. The molecule has 0 radical (unpaired) electrons. The van der Waals surface area contributed by atoms with E-state index in [-0.39, 0.29) is 36.6 Å². The van der Waals surface area contributed by atoms with Gasteiger partial charge >= 0.3 is 5.97 Å². The van der Waals surface area contributed by atoms with E-state index < -0.39 is 37.3 Å². The fraction of sp³-hybridized carbons (Fsp3) is 0.789. The number of carbonyl (C=O) groups is 2. The van der Waals surface area contributed by atoms with E-state index in [1.54, 1.807) is 0 Å². The van der Waals surface area contributed by atoms with Gasteiger partial charge in [0.15, 0.2) is 6.29 Å². The monoisotopic (exact) mass is 402 g/mol. The highest BCUT2D eigenvalue weighted by Gasteiger charge is 2.43. The molecule has 1 saturated carbocycles. The van der Waals surface area contributed by atoms with Gasteiger partial charge < -0.3 is 34.6 Å². The van der Waals surface area contributed by atoms with Crippen LogP contribution in [0.15, 0.2) is 12.2 Å². The van der Waals surface area contributed by atoms with E-state index in [1.165, 1.54) is 7.11 Å². The van der Waals surface area contributed by atoms with Crippen LogP contribution in [0.4, 0.5) is 0 Å². The van der Waals surface area contributed by atoms with Crippen LogP contribution in [0.3, 0.4) is 0 Å². The molecule has 0 aromatic heterocycles. The summed E-state index contributed by atoms with van der Waals surface area (Å²) < 4.78 is 15.3. The maximum Gasteiger partial charge on any atom is 0.305 e. The van der Waals surface area contributed by atoms with Gasteiger partial charge in [-0.3, -0.25) is 9.59 Å².